The molecule has 3 heterocycles. The molecule has 0 atom stereocenters. The Hall–Kier alpha value is -3.35. The van der Waals surface area contributed by atoms with Gasteiger partial charge in [0.1, 0.15) is 18.3 Å². The van der Waals surface area contributed by atoms with Crippen LogP contribution in [0.2, 0.25) is 0 Å². The van der Waals surface area contributed by atoms with E-state index in [0.717, 1.165) is 22.5 Å². The van der Waals surface area contributed by atoms with E-state index < -0.39 is 0 Å². The van der Waals surface area contributed by atoms with Crippen molar-refractivity contribution >= 4 is 0 Å². The molecule has 7 nitrogen and oxygen atoms in total. The maximum atomic E-state index is 5.35. The molecule has 4 aromatic rings. The number of aryl methyl sites for hydroxylation is 2. The fraction of sp³-hybridized carbons (Fsp3) is 0.118. The average molecular weight is 318 g/mol. The highest BCUT2D eigenvalue weighted by Crippen LogP contribution is 2.24. The lowest BCUT2D eigenvalue weighted by Crippen LogP contribution is -1.97. The summed E-state index contributed by atoms with van der Waals surface area (Å²) in [4.78, 5) is 12.8. The van der Waals surface area contributed by atoms with Gasteiger partial charge in [-0.2, -0.15) is 10.1 Å². The predicted octanol–water partition coefficient (Wildman–Crippen LogP) is 3.00. The van der Waals surface area contributed by atoms with Crippen molar-refractivity contribution in [1.29, 1.82) is 0 Å². The van der Waals surface area contributed by atoms with E-state index >= 15 is 0 Å². The smallest absolute Gasteiger partial charge is 0.276 e. The number of hydrogen-bond donors (Lipinski definition) is 0. The molecule has 24 heavy (non-hydrogen) atoms. The predicted molar refractivity (Wildman–Crippen MR) is 87.4 cm³/mol. The third kappa shape index (κ3) is 2.56. The summed E-state index contributed by atoms with van der Waals surface area (Å²) in [7, 11) is 0. The van der Waals surface area contributed by atoms with Crippen molar-refractivity contribution in [1.82, 2.24) is 29.9 Å². The van der Waals surface area contributed by atoms with Crippen LogP contribution in [0.4, 0.5) is 0 Å². The number of nitrogens with zero attached hydrogens (tertiary/aromatic N) is 6. The molecule has 0 aliphatic carbocycles. The van der Waals surface area contributed by atoms with Gasteiger partial charge in [-0.15, -0.1) is 0 Å². The minimum atomic E-state index is 0.409. The molecule has 0 amide bonds. The highest BCUT2D eigenvalue weighted by atomic mass is 16.5. The van der Waals surface area contributed by atoms with Gasteiger partial charge in [-0.3, -0.25) is 0 Å². The van der Waals surface area contributed by atoms with E-state index in [1.165, 1.54) is 6.33 Å². The molecule has 4 rings (SSSR count). The van der Waals surface area contributed by atoms with Gasteiger partial charge in [0.05, 0.1) is 5.69 Å². The van der Waals surface area contributed by atoms with Gasteiger partial charge < -0.3 is 4.52 Å². The Morgan fingerprint density at radius 2 is 1.96 bits per heavy atom. The molecule has 1 aromatic carbocycles. The zero-order valence-electron chi connectivity index (χ0n) is 13.2. The van der Waals surface area contributed by atoms with Gasteiger partial charge in [-0.25, -0.2) is 14.6 Å². The monoisotopic (exact) mass is 318 g/mol. The van der Waals surface area contributed by atoms with Crippen molar-refractivity contribution in [3.8, 4) is 28.7 Å². The molecule has 3 aromatic heterocycles. The second kappa shape index (κ2) is 5.69. The van der Waals surface area contributed by atoms with Crippen molar-refractivity contribution in [2.75, 3.05) is 0 Å². The van der Waals surface area contributed by atoms with Crippen molar-refractivity contribution in [2.45, 2.75) is 13.8 Å². The van der Waals surface area contributed by atoms with Gasteiger partial charge >= 0.3 is 0 Å². The van der Waals surface area contributed by atoms with Crippen molar-refractivity contribution in [3.63, 3.8) is 0 Å². The van der Waals surface area contributed by atoms with E-state index in [1.807, 2.05) is 50.2 Å². The second-order valence-corrected chi connectivity index (χ2v) is 5.43. The normalized spacial score (nSPS) is 10.9. The molecule has 0 N–H and O–H groups in total. The highest BCUT2D eigenvalue weighted by Gasteiger charge is 2.13. The fourth-order valence-corrected chi connectivity index (χ4v) is 2.49. The van der Waals surface area contributed by atoms with Crippen molar-refractivity contribution in [2.24, 2.45) is 0 Å². The summed E-state index contributed by atoms with van der Waals surface area (Å²) < 4.78 is 7.07. The summed E-state index contributed by atoms with van der Waals surface area (Å²) >= 11 is 0. The average Bonchev–Trinajstić information content (AvgIpc) is 3.27. The van der Waals surface area contributed by atoms with E-state index in [2.05, 4.69) is 25.2 Å². The van der Waals surface area contributed by atoms with Gasteiger partial charge in [0, 0.05) is 11.3 Å². The molecule has 0 spiro atoms. The molecule has 118 valence electrons. The van der Waals surface area contributed by atoms with E-state index in [0.29, 0.717) is 17.4 Å². The highest BCUT2D eigenvalue weighted by molar-refractivity contribution is 5.61. The van der Waals surface area contributed by atoms with Crippen LogP contribution >= 0.6 is 0 Å². The first-order valence-corrected chi connectivity index (χ1v) is 7.44. The molecule has 0 radical (unpaired) electrons. The van der Waals surface area contributed by atoms with Crippen LogP contribution in [0.25, 0.3) is 28.7 Å². The van der Waals surface area contributed by atoms with E-state index in [9.17, 15) is 0 Å². The first-order valence-electron chi connectivity index (χ1n) is 7.44. The van der Waals surface area contributed by atoms with Crippen LogP contribution < -0.4 is 0 Å². The van der Waals surface area contributed by atoms with Crippen LogP contribution in [0.1, 0.15) is 11.3 Å². The molecule has 0 saturated carbocycles. The Bertz CT molecular complexity index is 990. The maximum Gasteiger partial charge on any atom is 0.276 e. The van der Waals surface area contributed by atoms with Gasteiger partial charge in [-0.05, 0) is 49.7 Å². The largest absolute Gasteiger partial charge is 0.332 e. The van der Waals surface area contributed by atoms with Crippen LogP contribution in [0.15, 0.2) is 53.6 Å². The molecular formula is C17H14N6O. The number of rotatable bonds is 3. The van der Waals surface area contributed by atoms with Crippen LogP contribution in [0, 0.1) is 13.8 Å². The minimum Gasteiger partial charge on any atom is -0.332 e. The summed E-state index contributed by atoms with van der Waals surface area (Å²) in [6, 6.07) is 11.6. The standard InChI is InChI=1S/C17H14N6O/c1-11-8-13(6-7-15(11)23-10-18-9-19-23)16-21-17(24-22-16)14-5-3-4-12(2)20-14/h3-10H,1-2H3. The number of aromatic nitrogens is 6. The number of benzene rings is 1. The Labute approximate surface area is 138 Å². The lowest BCUT2D eigenvalue weighted by molar-refractivity contribution is 0.431. The molecule has 0 aliphatic rings. The molecule has 0 saturated heterocycles. The molecule has 0 bridgehead atoms. The number of pyridine rings is 1. The molecule has 7 heteroatoms. The molecular weight excluding hydrogens is 304 g/mol. The van der Waals surface area contributed by atoms with Gasteiger partial charge in [0.25, 0.3) is 5.89 Å². The van der Waals surface area contributed by atoms with Crippen LogP contribution in [-0.4, -0.2) is 29.9 Å². The van der Waals surface area contributed by atoms with Crippen LogP contribution in [-0.2, 0) is 0 Å². The Balaban J connectivity index is 1.69. The van der Waals surface area contributed by atoms with E-state index in [1.54, 1.807) is 11.0 Å². The minimum absolute atomic E-state index is 0.409. The Kier molecular flexibility index (Phi) is 3.38. The lowest BCUT2D eigenvalue weighted by atomic mass is 10.1. The lowest BCUT2D eigenvalue weighted by Gasteiger charge is -2.05. The van der Waals surface area contributed by atoms with Gasteiger partial charge in [0.2, 0.25) is 5.82 Å². The van der Waals surface area contributed by atoms with Crippen molar-refractivity contribution in [3.05, 3.63) is 60.3 Å². The fourth-order valence-electron chi connectivity index (χ4n) is 2.49. The summed E-state index contributed by atoms with van der Waals surface area (Å²) in [5, 5.41) is 8.21. The van der Waals surface area contributed by atoms with Crippen LogP contribution in [0.5, 0.6) is 0 Å². The third-order valence-electron chi connectivity index (χ3n) is 3.65. The molecule has 0 aliphatic heterocycles. The number of hydrogen-bond acceptors (Lipinski definition) is 6. The first kappa shape index (κ1) is 14.3. The first-order chi connectivity index (χ1) is 11.7. The maximum absolute atomic E-state index is 5.35. The van der Waals surface area contributed by atoms with Crippen molar-refractivity contribution < 1.29 is 4.52 Å². The summed E-state index contributed by atoms with van der Waals surface area (Å²) in [5.74, 6) is 0.938. The second-order valence-electron chi connectivity index (χ2n) is 5.43. The SMILES string of the molecule is Cc1cccc(-c2nc(-c3ccc(-n4cncn4)c(C)c3)no2)n1. The summed E-state index contributed by atoms with van der Waals surface area (Å²) in [6.07, 6.45) is 3.17. The zero-order chi connectivity index (χ0) is 16.5. The van der Waals surface area contributed by atoms with Gasteiger partial charge in [-0.1, -0.05) is 11.2 Å². The Morgan fingerprint density at radius 1 is 1.04 bits per heavy atom. The van der Waals surface area contributed by atoms with E-state index in [-0.39, 0.29) is 0 Å². The Morgan fingerprint density at radius 3 is 2.71 bits per heavy atom. The van der Waals surface area contributed by atoms with Gasteiger partial charge in [0.15, 0.2) is 0 Å². The topological polar surface area (TPSA) is 82.5 Å². The quantitative estimate of drug-likeness (QED) is 0.577. The molecule has 0 unspecified atom stereocenters. The zero-order valence-corrected chi connectivity index (χ0v) is 13.2. The molecule has 0 fully saturated rings. The summed E-state index contributed by atoms with van der Waals surface area (Å²) in [5.41, 5.74) is 4.45. The summed E-state index contributed by atoms with van der Waals surface area (Å²) in [6.45, 7) is 3.93. The van der Waals surface area contributed by atoms with E-state index in [4.69, 9.17) is 4.52 Å². The van der Waals surface area contributed by atoms with Crippen LogP contribution in [0.3, 0.4) is 0 Å². The third-order valence-corrected chi connectivity index (χ3v) is 3.65.